The maximum atomic E-state index is 12.0. The fourth-order valence-corrected chi connectivity index (χ4v) is 2.64. The topological polar surface area (TPSA) is 70.0 Å². The lowest BCUT2D eigenvalue weighted by atomic mass is 9.80. The summed E-state index contributed by atoms with van der Waals surface area (Å²) in [6.07, 6.45) is 0.895. The molecule has 20 heavy (non-hydrogen) atoms. The number of ether oxygens (including phenoxy) is 1. The molecule has 0 spiro atoms. The second-order valence-electron chi connectivity index (χ2n) is 7.41. The van der Waals surface area contributed by atoms with E-state index in [-0.39, 0.29) is 25.1 Å². The Hall–Kier alpha value is -0.360. The number of hydrogen-bond donors (Lipinski definition) is 2. The maximum absolute atomic E-state index is 12.0. The van der Waals surface area contributed by atoms with E-state index in [2.05, 4.69) is 0 Å². The SMILES string of the molecule is CC(C)(CO)C(=O)OC1CC(C)(C)N(O)C(C)(C)C1.Cl. The molecule has 0 aromatic carbocycles. The van der Waals surface area contributed by atoms with E-state index in [1.54, 1.807) is 13.8 Å². The Morgan fingerprint density at radius 3 is 2.00 bits per heavy atom. The largest absolute Gasteiger partial charge is 0.462 e. The van der Waals surface area contributed by atoms with Crippen molar-refractivity contribution in [1.82, 2.24) is 5.06 Å². The number of hydroxylamine groups is 2. The third kappa shape index (κ3) is 4.07. The van der Waals surface area contributed by atoms with E-state index in [9.17, 15) is 15.1 Å². The molecule has 1 aliphatic rings. The Kier molecular flexibility index (Phi) is 6.07. The molecule has 1 heterocycles. The fourth-order valence-electron chi connectivity index (χ4n) is 2.64. The molecular formula is C14H28ClNO4. The highest BCUT2D eigenvalue weighted by Crippen LogP contribution is 2.38. The number of carbonyl (C=O) groups excluding carboxylic acids is 1. The molecule has 5 nitrogen and oxygen atoms in total. The number of aliphatic hydroxyl groups is 1. The van der Waals surface area contributed by atoms with Crippen LogP contribution in [0.25, 0.3) is 0 Å². The summed E-state index contributed by atoms with van der Waals surface area (Å²) in [4.78, 5) is 12.0. The van der Waals surface area contributed by atoms with Crippen LogP contribution in [-0.4, -0.2) is 45.1 Å². The van der Waals surface area contributed by atoms with Gasteiger partial charge in [-0.25, -0.2) is 0 Å². The number of esters is 1. The minimum absolute atomic E-state index is 0. The van der Waals surface area contributed by atoms with Crippen LogP contribution >= 0.6 is 12.4 Å². The Bertz CT molecular complexity index is 337. The standard InChI is InChI=1S/C14H27NO4.ClH/c1-12(2,9-16)11(17)19-10-7-13(3,4)15(18)14(5,6)8-10;/h10,16,18H,7-9H2,1-6H3;1H. The fraction of sp³-hybridized carbons (Fsp3) is 0.929. The van der Waals surface area contributed by atoms with Crippen LogP contribution in [0.4, 0.5) is 0 Å². The molecule has 1 aliphatic heterocycles. The zero-order valence-corrected chi connectivity index (χ0v) is 14.1. The van der Waals surface area contributed by atoms with E-state index in [0.717, 1.165) is 0 Å². The van der Waals surface area contributed by atoms with Gasteiger partial charge in [0.2, 0.25) is 0 Å². The van der Waals surface area contributed by atoms with Crippen molar-refractivity contribution in [2.45, 2.75) is 71.6 Å². The molecule has 0 aromatic heterocycles. The molecule has 0 aliphatic carbocycles. The van der Waals surface area contributed by atoms with Gasteiger partial charge in [0.05, 0.1) is 12.0 Å². The van der Waals surface area contributed by atoms with Gasteiger partial charge >= 0.3 is 5.97 Å². The predicted molar refractivity (Wildman–Crippen MR) is 79.0 cm³/mol. The van der Waals surface area contributed by atoms with Crippen molar-refractivity contribution in [3.63, 3.8) is 0 Å². The van der Waals surface area contributed by atoms with Crippen molar-refractivity contribution in [2.24, 2.45) is 5.41 Å². The Morgan fingerprint density at radius 1 is 1.25 bits per heavy atom. The van der Waals surface area contributed by atoms with Crippen LogP contribution in [0.2, 0.25) is 0 Å². The minimum Gasteiger partial charge on any atom is -0.462 e. The van der Waals surface area contributed by atoms with E-state index >= 15 is 0 Å². The average Bonchev–Trinajstić information content (AvgIpc) is 2.24. The summed E-state index contributed by atoms with van der Waals surface area (Å²) < 4.78 is 5.53. The Labute approximate surface area is 127 Å². The van der Waals surface area contributed by atoms with E-state index in [0.29, 0.717) is 12.8 Å². The van der Waals surface area contributed by atoms with Gasteiger partial charge in [0, 0.05) is 23.9 Å². The van der Waals surface area contributed by atoms with Gasteiger partial charge in [-0.15, -0.1) is 12.4 Å². The van der Waals surface area contributed by atoms with Crippen LogP contribution in [-0.2, 0) is 9.53 Å². The maximum Gasteiger partial charge on any atom is 0.314 e. The van der Waals surface area contributed by atoms with Crippen LogP contribution in [0.15, 0.2) is 0 Å². The van der Waals surface area contributed by atoms with Gasteiger partial charge in [0.15, 0.2) is 0 Å². The lowest BCUT2D eigenvalue weighted by Gasteiger charge is -2.51. The number of rotatable bonds is 3. The number of hydrogen-bond acceptors (Lipinski definition) is 5. The van der Waals surface area contributed by atoms with Gasteiger partial charge < -0.3 is 15.1 Å². The van der Waals surface area contributed by atoms with Gasteiger partial charge in [0.25, 0.3) is 0 Å². The molecule has 0 unspecified atom stereocenters. The van der Waals surface area contributed by atoms with Crippen LogP contribution < -0.4 is 0 Å². The van der Waals surface area contributed by atoms with Gasteiger partial charge in [-0.3, -0.25) is 4.79 Å². The summed E-state index contributed by atoms with van der Waals surface area (Å²) in [5.41, 5.74) is -1.78. The Balaban J connectivity index is 0.00000361. The minimum atomic E-state index is -0.884. The molecule has 0 aromatic rings. The van der Waals surface area contributed by atoms with E-state index in [1.165, 1.54) is 5.06 Å². The molecule has 0 bridgehead atoms. The molecule has 1 saturated heterocycles. The lowest BCUT2D eigenvalue weighted by Crippen LogP contribution is -2.61. The number of aliphatic hydroxyl groups excluding tert-OH is 1. The van der Waals surface area contributed by atoms with Gasteiger partial charge in [0.1, 0.15) is 6.10 Å². The van der Waals surface area contributed by atoms with Crippen LogP contribution in [0.5, 0.6) is 0 Å². The van der Waals surface area contributed by atoms with Crippen LogP contribution in [0.1, 0.15) is 54.4 Å². The third-order valence-electron chi connectivity index (χ3n) is 3.82. The monoisotopic (exact) mass is 309 g/mol. The zero-order valence-electron chi connectivity index (χ0n) is 13.3. The van der Waals surface area contributed by atoms with E-state index < -0.39 is 22.5 Å². The highest BCUT2D eigenvalue weighted by Gasteiger charge is 2.47. The molecule has 1 rings (SSSR count). The van der Waals surface area contributed by atoms with Gasteiger partial charge in [-0.05, 0) is 41.5 Å². The molecule has 2 N–H and O–H groups in total. The van der Waals surface area contributed by atoms with Gasteiger partial charge in [-0.2, -0.15) is 5.06 Å². The molecule has 120 valence electrons. The molecule has 0 saturated carbocycles. The van der Waals surface area contributed by atoms with E-state index in [4.69, 9.17) is 4.74 Å². The number of nitrogens with zero attached hydrogens (tertiary/aromatic N) is 1. The summed E-state index contributed by atoms with van der Waals surface area (Å²) >= 11 is 0. The summed E-state index contributed by atoms with van der Waals surface area (Å²) in [6, 6.07) is 0. The van der Waals surface area contributed by atoms with Crippen molar-refractivity contribution in [1.29, 1.82) is 0 Å². The first kappa shape index (κ1) is 19.6. The molecular weight excluding hydrogens is 282 g/mol. The first-order valence-electron chi connectivity index (χ1n) is 6.73. The summed E-state index contributed by atoms with van der Waals surface area (Å²) in [5.74, 6) is -0.391. The smallest absolute Gasteiger partial charge is 0.314 e. The normalized spacial score (nSPS) is 23.0. The average molecular weight is 310 g/mol. The summed E-state index contributed by atoms with van der Waals surface area (Å²) in [6.45, 7) is 10.8. The van der Waals surface area contributed by atoms with Crippen LogP contribution in [0.3, 0.4) is 0 Å². The summed E-state index contributed by atoms with van der Waals surface area (Å²) in [7, 11) is 0. The molecule has 0 radical (unpaired) electrons. The first-order chi connectivity index (χ1) is 8.42. The second kappa shape index (κ2) is 6.18. The molecule has 1 fully saturated rings. The molecule has 6 heteroatoms. The van der Waals surface area contributed by atoms with Crippen molar-refractivity contribution in [2.75, 3.05) is 6.61 Å². The van der Waals surface area contributed by atoms with Gasteiger partial charge in [-0.1, -0.05) is 0 Å². The third-order valence-corrected chi connectivity index (χ3v) is 3.82. The number of piperidine rings is 1. The first-order valence-corrected chi connectivity index (χ1v) is 6.73. The van der Waals surface area contributed by atoms with Crippen molar-refractivity contribution in [3.05, 3.63) is 0 Å². The number of carbonyl (C=O) groups is 1. The van der Waals surface area contributed by atoms with Crippen molar-refractivity contribution < 1.29 is 19.8 Å². The van der Waals surface area contributed by atoms with E-state index in [1.807, 2.05) is 27.7 Å². The number of halogens is 1. The zero-order chi connectivity index (χ0) is 15.1. The highest BCUT2D eigenvalue weighted by atomic mass is 35.5. The highest BCUT2D eigenvalue weighted by molar-refractivity contribution is 5.85. The van der Waals surface area contributed by atoms with Crippen LogP contribution in [0, 0.1) is 5.41 Å². The second-order valence-corrected chi connectivity index (χ2v) is 7.41. The molecule has 0 amide bonds. The quantitative estimate of drug-likeness (QED) is 0.783. The Morgan fingerprint density at radius 2 is 1.65 bits per heavy atom. The molecule has 0 atom stereocenters. The summed E-state index contributed by atoms with van der Waals surface area (Å²) in [5, 5.41) is 20.7. The van der Waals surface area contributed by atoms with Crippen molar-refractivity contribution in [3.8, 4) is 0 Å². The lowest BCUT2D eigenvalue weighted by molar-refractivity contribution is -0.260. The van der Waals surface area contributed by atoms with Crippen molar-refractivity contribution >= 4 is 18.4 Å². The predicted octanol–water partition coefficient (Wildman–Crippen LogP) is 2.38.